The van der Waals surface area contributed by atoms with Crippen LogP contribution >= 0.6 is 0 Å². The third-order valence-corrected chi connectivity index (χ3v) is 7.77. The molecule has 166 valence electrons. The highest BCUT2D eigenvalue weighted by atomic mass is 32.2. The van der Waals surface area contributed by atoms with Crippen LogP contribution in [0.15, 0.2) is 47.4 Å². The van der Waals surface area contributed by atoms with Crippen LogP contribution in [0.2, 0.25) is 0 Å². The second-order valence-corrected chi connectivity index (χ2v) is 9.79. The molecule has 1 aliphatic carbocycles. The SMILES string of the molecule is O=C(Nc1ccc(OC(F)F)cc1)C1CCN(S(=O)(=O)c2ccc3c(c2)CCC3)CC1. The standard InChI is InChI=1S/C22H24F2N2O4S/c23-22(24)30-19-7-5-18(6-8-19)25-21(27)16-10-12-26(13-11-16)31(28,29)20-9-4-15-2-1-3-17(15)14-20/h4-9,14,16,22H,1-3,10-13H2,(H,25,27). The summed E-state index contributed by atoms with van der Waals surface area (Å²) in [6.07, 6.45) is 3.81. The molecule has 0 unspecified atom stereocenters. The Morgan fingerprint density at radius 1 is 1.03 bits per heavy atom. The molecule has 1 heterocycles. The molecule has 2 aromatic carbocycles. The van der Waals surface area contributed by atoms with Crippen molar-refractivity contribution in [2.24, 2.45) is 5.92 Å². The molecule has 4 rings (SSSR count). The molecule has 6 nitrogen and oxygen atoms in total. The number of carbonyl (C=O) groups is 1. The van der Waals surface area contributed by atoms with E-state index >= 15 is 0 Å². The maximum Gasteiger partial charge on any atom is 0.387 e. The highest BCUT2D eigenvalue weighted by Gasteiger charge is 2.32. The molecule has 31 heavy (non-hydrogen) atoms. The molecule has 0 saturated carbocycles. The van der Waals surface area contributed by atoms with Crippen molar-refractivity contribution in [3.05, 3.63) is 53.6 Å². The Kier molecular flexibility index (Phi) is 6.24. The third kappa shape index (κ3) is 4.88. The number of halogens is 2. The number of nitrogens with one attached hydrogen (secondary N) is 1. The van der Waals surface area contributed by atoms with Crippen molar-refractivity contribution >= 4 is 21.6 Å². The number of aryl methyl sites for hydroxylation is 2. The number of hydrogen-bond acceptors (Lipinski definition) is 4. The van der Waals surface area contributed by atoms with Gasteiger partial charge >= 0.3 is 6.61 Å². The van der Waals surface area contributed by atoms with Crippen LogP contribution in [0, 0.1) is 5.92 Å². The summed E-state index contributed by atoms with van der Waals surface area (Å²) < 4.78 is 56.2. The first kappa shape index (κ1) is 21.7. The first-order chi connectivity index (χ1) is 14.8. The van der Waals surface area contributed by atoms with Crippen molar-refractivity contribution in [1.82, 2.24) is 4.31 Å². The zero-order valence-electron chi connectivity index (χ0n) is 16.9. The van der Waals surface area contributed by atoms with Gasteiger partial charge in [-0.15, -0.1) is 0 Å². The molecule has 0 aromatic heterocycles. The third-order valence-electron chi connectivity index (χ3n) is 5.88. The Balaban J connectivity index is 1.34. The predicted molar refractivity (Wildman–Crippen MR) is 112 cm³/mol. The van der Waals surface area contributed by atoms with Crippen LogP contribution in [-0.4, -0.2) is 38.3 Å². The lowest BCUT2D eigenvalue weighted by molar-refractivity contribution is -0.120. The van der Waals surface area contributed by atoms with Crippen LogP contribution in [0.1, 0.15) is 30.4 Å². The van der Waals surface area contributed by atoms with E-state index in [2.05, 4.69) is 10.1 Å². The molecule has 1 saturated heterocycles. The van der Waals surface area contributed by atoms with Gasteiger partial charge in [0.15, 0.2) is 0 Å². The Labute approximate surface area is 180 Å². The molecule has 1 aliphatic heterocycles. The number of nitrogens with zero attached hydrogens (tertiary/aromatic N) is 1. The summed E-state index contributed by atoms with van der Waals surface area (Å²) in [4.78, 5) is 12.9. The maximum absolute atomic E-state index is 13.0. The number of rotatable bonds is 6. The van der Waals surface area contributed by atoms with E-state index in [0.29, 0.717) is 23.4 Å². The average Bonchev–Trinajstić information content (AvgIpc) is 3.23. The lowest BCUT2D eigenvalue weighted by Gasteiger charge is -2.30. The average molecular weight is 451 g/mol. The molecule has 1 amide bonds. The Morgan fingerprint density at radius 2 is 1.71 bits per heavy atom. The number of benzene rings is 2. The number of fused-ring (bicyclic) bond motifs is 1. The summed E-state index contributed by atoms with van der Waals surface area (Å²) in [5.74, 6) is -0.515. The minimum absolute atomic E-state index is 0.0121. The van der Waals surface area contributed by atoms with Gasteiger partial charge in [-0.25, -0.2) is 8.42 Å². The van der Waals surface area contributed by atoms with E-state index in [4.69, 9.17) is 0 Å². The Morgan fingerprint density at radius 3 is 2.39 bits per heavy atom. The Hall–Kier alpha value is -2.52. The molecular weight excluding hydrogens is 426 g/mol. The van der Waals surface area contributed by atoms with Gasteiger partial charge in [0.25, 0.3) is 0 Å². The topological polar surface area (TPSA) is 75.7 Å². The summed E-state index contributed by atoms with van der Waals surface area (Å²) >= 11 is 0. The predicted octanol–water partition coefficient (Wildman–Crippen LogP) is 3.82. The van der Waals surface area contributed by atoms with E-state index in [-0.39, 0.29) is 30.7 Å². The van der Waals surface area contributed by atoms with Crippen LogP contribution in [0.3, 0.4) is 0 Å². The van der Waals surface area contributed by atoms with E-state index in [9.17, 15) is 22.0 Å². The quantitative estimate of drug-likeness (QED) is 0.726. The first-order valence-electron chi connectivity index (χ1n) is 10.3. The summed E-state index contributed by atoms with van der Waals surface area (Å²) in [6.45, 7) is -2.35. The number of hydrogen-bond donors (Lipinski definition) is 1. The fourth-order valence-corrected chi connectivity index (χ4v) is 5.70. The number of alkyl halides is 2. The van der Waals surface area contributed by atoms with Gasteiger partial charge in [0.1, 0.15) is 5.75 Å². The molecule has 2 aromatic rings. The molecule has 2 aliphatic rings. The maximum atomic E-state index is 13.0. The molecule has 0 atom stereocenters. The van der Waals surface area contributed by atoms with Crippen LogP contribution in [0.5, 0.6) is 5.75 Å². The smallest absolute Gasteiger partial charge is 0.387 e. The highest BCUT2D eigenvalue weighted by Crippen LogP contribution is 2.29. The number of anilines is 1. The van der Waals surface area contributed by atoms with Gasteiger partial charge in [-0.05, 0) is 79.6 Å². The molecule has 0 bridgehead atoms. The van der Waals surface area contributed by atoms with Gasteiger partial charge < -0.3 is 10.1 Å². The highest BCUT2D eigenvalue weighted by molar-refractivity contribution is 7.89. The molecule has 0 spiro atoms. The molecule has 9 heteroatoms. The largest absolute Gasteiger partial charge is 0.435 e. The number of amides is 1. The van der Waals surface area contributed by atoms with Gasteiger partial charge in [-0.1, -0.05) is 6.07 Å². The van der Waals surface area contributed by atoms with Crippen molar-refractivity contribution in [3.8, 4) is 5.75 Å². The minimum Gasteiger partial charge on any atom is -0.435 e. The monoisotopic (exact) mass is 450 g/mol. The van der Waals surface area contributed by atoms with E-state index in [1.807, 2.05) is 6.07 Å². The zero-order chi connectivity index (χ0) is 22.0. The summed E-state index contributed by atoms with van der Waals surface area (Å²) in [6, 6.07) is 11.1. The number of piperidine rings is 1. The van der Waals surface area contributed by atoms with Crippen molar-refractivity contribution in [1.29, 1.82) is 0 Å². The Bertz CT molecular complexity index is 1050. The van der Waals surface area contributed by atoms with Crippen molar-refractivity contribution < 1.29 is 26.7 Å². The fourth-order valence-electron chi connectivity index (χ4n) is 4.18. The summed E-state index contributed by atoms with van der Waals surface area (Å²) in [5, 5.41) is 2.76. The van der Waals surface area contributed by atoms with Crippen molar-refractivity contribution in [3.63, 3.8) is 0 Å². The number of ether oxygens (including phenoxy) is 1. The van der Waals surface area contributed by atoms with Gasteiger partial charge in [0, 0.05) is 24.7 Å². The van der Waals surface area contributed by atoms with Crippen LogP contribution in [0.4, 0.5) is 14.5 Å². The lowest BCUT2D eigenvalue weighted by atomic mass is 9.97. The van der Waals surface area contributed by atoms with Crippen LogP contribution in [0.25, 0.3) is 0 Å². The molecule has 0 radical (unpaired) electrons. The van der Waals surface area contributed by atoms with Gasteiger partial charge in [-0.2, -0.15) is 13.1 Å². The lowest BCUT2D eigenvalue weighted by Crippen LogP contribution is -2.41. The van der Waals surface area contributed by atoms with Crippen LogP contribution in [-0.2, 0) is 27.7 Å². The minimum atomic E-state index is -3.58. The van der Waals surface area contributed by atoms with Gasteiger partial charge in [-0.3, -0.25) is 4.79 Å². The zero-order valence-corrected chi connectivity index (χ0v) is 17.7. The second-order valence-electron chi connectivity index (χ2n) is 7.85. The van der Waals surface area contributed by atoms with Crippen LogP contribution < -0.4 is 10.1 Å². The first-order valence-corrected chi connectivity index (χ1v) is 11.7. The normalized spacial score (nSPS) is 17.5. The van der Waals surface area contributed by atoms with E-state index < -0.39 is 16.6 Å². The molecule has 1 fully saturated rings. The number of sulfonamides is 1. The van der Waals surface area contributed by atoms with Gasteiger partial charge in [0.05, 0.1) is 4.90 Å². The molecular formula is C22H24F2N2O4S. The number of carbonyl (C=O) groups excluding carboxylic acids is 1. The van der Waals surface area contributed by atoms with E-state index in [1.54, 1.807) is 12.1 Å². The van der Waals surface area contributed by atoms with E-state index in [1.165, 1.54) is 34.1 Å². The van der Waals surface area contributed by atoms with E-state index in [0.717, 1.165) is 24.8 Å². The van der Waals surface area contributed by atoms with Gasteiger partial charge in [0.2, 0.25) is 15.9 Å². The second kappa shape index (κ2) is 8.92. The van der Waals surface area contributed by atoms with Crippen molar-refractivity contribution in [2.45, 2.75) is 43.6 Å². The summed E-state index contributed by atoms with van der Waals surface area (Å²) in [5.41, 5.74) is 2.81. The molecule has 1 N–H and O–H groups in total. The fraction of sp³-hybridized carbons (Fsp3) is 0.409. The summed E-state index contributed by atoms with van der Waals surface area (Å²) in [7, 11) is -3.58. The van der Waals surface area contributed by atoms with Crippen molar-refractivity contribution in [2.75, 3.05) is 18.4 Å².